The molecule has 3 radical (unpaired) electrons. The molecule has 4 saturated heterocycles. The van der Waals surface area contributed by atoms with E-state index in [1.165, 1.54) is 9.91 Å². The standard InChI is InChI=1S/C58H73N8O9Si/c1-10-64-46-18-17-41-30-43(46)44(50(64)42-16-12-24-59-48(42)38(4)72-9)31-55(5,6)33-74-35-57(54(71)76)20-13-25-66(61-57)52(69)45(29-39-14-11-15-40(41)28-39)60-51(68)49(37(2)3)65-36-75-58(53(65)70)22-26-63(32-58)47(67)19-21-56(62(7)8)23-27-73-34-56/h11-12,14-18,24,28,30,37-38,45,49,61H,10,13,20,22-23,25-27,29,31-36H2,1-9H3,(H,60,68)/t38-,45-,49-,56-,57-,58-/m0/s1. The van der Waals surface area contributed by atoms with E-state index < -0.39 is 63.7 Å². The van der Waals surface area contributed by atoms with Gasteiger partial charge < -0.3 is 43.4 Å². The minimum atomic E-state index is -1.34. The van der Waals surface area contributed by atoms with Crippen molar-refractivity contribution in [2.45, 2.75) is 121 Å². The number of carbonyl (C=O) groups is 5. The zero-order valence-electron chi connectivity index (χ0n) is 45.5. The molecule has 6 atom stereocenters. The molecule has 7 heterocycles. The van der Waals surface area contributed by atoms with Gasteiger partial charge in [0, 0.05) is 75.3 Å². The third-order valence-corrected chi connectivity index (χ3v) is 16.8. The van der Waals surface area contributed by atoms with Crippen molar-refractivity contribution < 1.29 is 42.9 Å². The van der Waals surface area contributed by atoms with Gasteiger partial charge in [-0.3, -0.25) is 34.1 Å². The molecule has 2 aromatic carbocycles. The van der Waals surface area contributed by atoms with E-state index in [0.717, 1.165) is 50.1 Å². The number of rotatable bonds is 10. The van der Waals surface area contributed by atoms with Crippen molar-refractivity contribution in [1.82, 2.24) is 40.0 Å². The van der Waals surface area contributed by atoms with Crippen LogP contribution in [0.15, 0.2) is 60.8 Å². The first kappa shape index (κ1) is 55.0. The van der Waals surface area contributed by atoms with Gasteiger partial charge in [0.25, 0.3) is 17.7 Å². The minimum absolute atomic E-state index is 0.000119. The van der Waals surface area contributed by atoms with Gasteiger partial charge in [-0.2, -0.15) is 0 Å². The van der Waals surface area contributed by atoms with Crippen LogP contribution < -0.4 is 10.7 Å². The first-order valence-corrected chi connectivity index (χ1v) is 27.2. The van der Waals surface area contributed by atoms with Crippen LogP contribution in [0.5, 0.6) is 0 Å². The lowest BCUT2D eigenvalue weighted by Crippen LogP contribution is -2.68. The number of amides is 4. The Morgan fingerprint density at radius 3 is 2.49 bits per heavy atom. The van der Waals surface area contributed by atoms with Gasteiger partial charge in [-0.25, -0.2) is 5.43 Å². The fourth-order valence-corrected chi connectivity index (χ4v) is 12.1. The van der Waals surface area contributed by atoms with Gasteiger partial charge in [0.15, 0.2) is 5.60 Å². The van der Waals surface area contributed by atoms with Gasteiger partial charge in [-0.1, -0.05) is 63.9 Å². The summed E-state index contributed by atoms with van der Waals surface area (Å²) in [5.74, 6) is 3.81. The summed E-state index contributed by atoms with van der Waals surface area (Å²) in [6, 6.07) is 16.5. The van der Waals surface area contributed by atoms with Crippen molar-refractivity contribution in [2.75, 3.05) is 74.0 Å². The molecule has 0 saturated carbocycles. The van der Waals surface area contributed by atoms with Crippen molar-refractivity contribution >= 4 is 50.2 Å². The highest BCUT2D eigenvalue weighted by Gasteiger charge is 2.56. The first-order chi connectivity index (χ1) is 36.2. The van der Waals surface area contributed by atoms with Gasteiger partial charge >= 0.3 is 0 Å². The van der Waals surface area contributed by atoms with Gasteiger partial charge in [0.1, 0.15) is 45.5 Å². The minimum Gasteiger partial charge on any atom is -0.378 e. The van der Waals surface area contributed by atoms with Crippen LogP contribution >= 0.6 is 0 Å². The number of hydrogen-bond acceptors (Lipinski definition) is 12. The number of methoxy groups -OCH3 is 1. The Morgan fingerprint density at radius 1 is 0.987 bits per heavy atom. The van der Waals surface area contributed by atoms with E-state index in [1.54, 1.807) is 18.2 Å². The Bertz CT molecular complexity index is 2960. The van der Waals surface area contributed by atoms with Crippen LogP contribution in [-0.4, -0.2) is 171 Å². The van der Waals surface area contributed by atoms with Crippen LogP contribution in [0.4, 0.5) is 0 Å². The first-order valence-electron chi connectivity index (χ1n) is 26.7. The second-order valence-corrected chi connectivity index (χ2v) is 23.2. The van der Waals surface area contributed by atoms with Crippen LogP contribution in [0, 0.1) is 23.2 Å². The van der Waals surface area contributed by atoms with Gasteiger partial charge in [-0.05, 0) is 111 Å². The number of aryl methyl sites for hydroxylation is 1. The van der Waals surface area contributed by atoms with E-state index in [0.29, 0.717) is 52.0 Å². The number of benzene rings is 2. The number of aromatic nitrogens is 2. The third kappa shape index (κ3) is 10.5. The Kier molecular flexibility index (Phi) is 15.9. The largest absolute Gasteiger partial charge is 0.378 e. The van der Waals surface area contributed by atoms with Crippen molar-refractivity contribution in [2.24, 2.45) is 11.3 Å². The molecule has 6 bridgehead atoms. The molecule has 2 aromatic heterocycles. The molecule has 4 aromatic rings. The van der Waals surface area contributed by atoms with Crippen LogP contribution in [0.1, 0.15) is 90.2 Å². The highest BCUT2D eigenvalue weighted by atomic mass is 28.1. The fraction of sp³-hybridized carbons (Fsp3) is 0.552. The quantitative estimate of drug-likeness (QED) is 0.164. The van der Waals surface area contributed by atoms with Crippen LogP contribution in [0.3, 0.4) is 0 Å². The number of pyridine rings is 1. The zero-order valence-corrected chi connectivity index (χ0v) is 46.5. The van der Waals surface area contributed by atoms with E-state index in [9.17, 15) is 19.2 Å². The maximum absolute atomic E-state index is 15.1. The van der Waals surface area contributed by atoms with E-state index >= 15 is 4.79 Å². The van der Waals surface area contributed by atoms with E-state index in [-0.39, 0.29) is 57.3 Å². The van der Waals surface area contributed by atoms with Gasteiger partial charge in [0.05, 0.1) is 43.9 Å². The maximum atomic E-state index is 15.1. The average Bonchev–Trinajstić information content (AvgIpc) is 4.22. The molecular weight excluding hydrogens is 981 g/mol. The monoisotopic (exact) mass is 1050 g/mol. The summed E-state index contributed by atoms with van der Waals surface area (Å²) >= 11 is 0. The van der Waals surface area contributed by atoms with E-state index in [4.69, 9.17) is 23.9 Å². The van der Waals surface area contributed by atoms with Gasteiger partial charge in [0.2, 0.25) is 5.91 Å². The van der Waals surface area contributed by atoms with E-state index in [2.05, 4.69) is 88.5 Å². The smallest absolute Gasteiger partial charge is 0.298 e. The molecule has 18 heteroatoms. The molecule has 4 amide bonds. The Balaban J connectivity index is 1.05. The summed E-state index contributed by atoms with van der Waals surface area (Å²) in [5, 5.41) is 5.27. The zero-order chi connectivity index (χ0) is 54.3. The van der Waals surface area contributed by atoms with Crippen LogP contribution in [-0.2, 0) is 62.3 Å². The molecule has 403 valence electrons. The van der Waals surface area contributed by atoms with Crippen molar-refractivity contribution in [1.29, 1.82) is 0 Å². The number of likely N-dealkylation sites (N-methyl/N-ethyl adjacent to an activating group) is 1. The second-order valence-electron chi connectivity index (χ2n) is 22.7. The Hall–Kier alpha value is -5.78. The molecule has 9 rings (SSSR count). The lowest BCUT2D eigenvalue weighted by atomic mass is 9.84. The molecule has 17 nitrogen and oxygen atoms in total. The number of hydrogen-bond donors (Lipinski definition) is 2. The van der Waals surface area contributed by atoms with Crippen molar-refractivity contribution in [3.05, 3.63) is 77.6 Å². The maximum Gasteiger partial charge on any atom is 0.298 e. The second kappa shape index (κ2) is 21.9. The SMILES string of the molecule is CCn1c(-c2cccnc2[C@H](C)OC)c2c3cc(ccc31)-c1cccc(c1)C[C@H](NC(=O)[C@H](C(C)C)N1CO[C@]3(CCN(C(=O)C#C[C@]4(N(C)C)CCOC4)C3)C1=O)C(=O)N1CCC[C@@](C(=O)[Si])(COCC(C)(C)C2)N1. The molecular formula is C58H73N8O9Si. The number of nitrogens with one attached hydrogen (secondary N) is 2. The molecule has 0 unspecified atom stereocenters. The lowest BCUT2D eigenvalue weighted by molar-refractivity contribution is -0.149. The van der Waals surface area contributed by atoms with Crippen LogP contribution in [0.25, 0.3) is 33.3 Å². The Labute approximate surface area is 450 Å². The van der Waals surface area contributed by atoms with Crippen LogP contribution in [0.2, 0.25) is 0 Å². The predicted octanol–water partition coefficient (Wildman–Crippen LogP) is 4.82. The molecule has 0 aliphatic carbocycles. The topological polar surface area (TPSA) is 177 Å². The summed E-state index contributed by atoms with van der Waals surface area (Å²) in [6.45, 7) is 14.5. The summed E-state index contributed by atoms with van der Waals surface area (Å²) < 4.78 is 26.7. The average molecular weight is 1050 g/mol. The highest BCUT2D eigenvalue weighted by molar-refractivity contribution is 6.60. The summed E-state index contributed by atoms with van der Waals surface area (Å²) in [5.41, 5.74) is 7.47. The third-order valence-electron chi connectivity index (χ3n) is 16.3. The number of ether oxygens (including phenoxy) is 4. The summed E-state index contributed by atoms with van der Waals surface area (Å²) in [7, 11) is 8.88. The molecule has 4 fully saturated rings. The van der Waals surface area contributed by atoms with Crippen molar-refractivity contribution in [3.63, 3.8) is 0 Å². The number of likely N-dealkylation sites (tertiary alicyclic amines) is 1. The molecule has 1 spiro atoms. The van der Waals surface area contributed by atoms with Gasteiger partial charge in [-0.15, -0.1) is 0 Å². The fourth-order valence-electron chi connectivity index (χ4n) is 11.9. The summed E-state index contributed by atoms with van der Waals surface area (Å²) in [6.07, 6.45) is 4.07. The molecule has 2 N–H and O–H groups in total. The molecule has 76 heavy (non-hydrogen) atoms. The van der Waals surface area contributed by atoms with Crippen molar-refractivity contribution in [3.8, 4) is 34.2 Å². The lowest BCUT2D eigenvalue weighted by Gasteiger charge is -2.43. The summed E-state index contributed by atoms with van der Waals surface area (Å²) in [4.78, 5) is 81.8. The normalized spacial score (nSPS) is 25.7. The predicted molar refractivity (Wildman–Crippen MR) is 288 cm³/mol. The van der Waals surface area contributed by atoms with E-state index in [1.807, 2.05) is 64.0 Å². The molecule has 5 aliphatic heterocycles. The number of fused-ring (bicyclic) bond motifs is 6. The Morgan fingerprint density at radius 2 is 1.78 bits per heavy atom. The number of hydrazine groups is 1. The highest BCUT2D eigenvalue weighted by Crippen LogP contribution is 2.42. The molecule has 5 aliphatic rings. The number of carbonyl (C=O) groups excluding carboxylic acids is 5. The number of nitrogens with zero attached hydrogens (tertiary/aromatic N) is 6.